The summed E-state index contributed by atoms with van der Waals surface area (Å²) in [6.07, 6.45) is 1.64. The Morgan fingerprint density at radius 2 is 1.70 bits per heavy atom. The zero-order valence-electron chi connectivity index (χ0n) is 26.6. The van der Waals surface area contributed by atoms with Gasteiger partial charge in [0.15, 0.2) is 0 Å². The number of rotatable bonds is 14. The summed E-state index contributed by atoms with van der Waals surface area (Å²) < 4.78 is 28.1. The van der Waals surface area contributed by atoms with E-state index in [0.717, 1.165) is 29.0 Å². The Balaban J connectivity index is 1.17. The van der Waals surface area contributed by atoms with Crippen molar-refractivity contribution in [2.75, 3.05) is 63.5 Å². The maximum Gasteiger partial charge on any atom is 0.325 e. The van der Waals surface area contributed by atoms with Gasteiger partial charge in [-0.05, 0) is 55.3 Å². The first kappa shape index (κ1) is 32.8. The number of nitrogens with one attached hydrogen (secondary N) is 1. The van der Waals surface area contributed by atoms with Crippen molar-refractivity contribution in [3.63, 3.8) is 0 Å². The quantitative estimate of drug-likeness (QED) is 0.209. The average Bonchev–Trinajstić information content (AvgIpc) is 3.07. The fraction of sp³-hybridized carbons (Fsp3) is 0.400. The van der Waals surface area contributed by atoms with Gasteiger partial charge in [-0.1, -0.05) is 24.3 Å². The second-order valence-electron chi connectivity index (χ2n) is 11.5. The SMILES string of the molecule is COC(=O)CN1C(=O)CCc2ccc(OC[C@]3(C)CNCC(=O)N3c3ccc(OCCCOCc4ccccc4OC)cc3)cc21. The third kappa shape index (κ3) is 7.78. The zero-order valence-corrected chi connectivity index (χ0v) is 26.6. The number of piperazine rings is 1. The van der Waals surface area contributed by atoms with Crippen molar-refractivity contribution in [2.24, 2.45) is 0 Å². The minimum Gasteiger partial charge on any atom is -0.496 e. The highest BCUT2D eigenvalue weighted by Gasteiger charge is 2.40. The van der Waals surface area contributed by atoms with Crippen LogP contribution in [0.15, 0.2) is 66.7 Å². The Kier molecular flexibility index (Phi) is 10.8. The molecule has 2 aliphatic heterocycles. The van der Waals surface area contributed by atoms with E-state index in [2.05, 4.69) is 5.32 Å². The number of aryl methyl sites for hydroxylation is 1. The van der Waals surface area contributed by atoms with Crippen LogP contribution in [-0.4, -0.2) is 77.0 Å². The van der Waals surface area contributed by atoms with Gasteiger partial charge in [-0.25, -0.2) is 0 Å². The number of amides is 2. The number of para-hydroxylation sites is 1. The molecule has 3 aromatic rings. The number of esters is 1. The molecule has 1 saturated heterocycles. The van der Waals surface area contributed by atoms with Crippen molar-refractivity contribution >= 4 is 29.2 Å². The first-order valence-electron chi connectivity index (χ1n) is 15.4. The van der Waals surface area contributed by atoms with Crippen LogP contribution in [0.25, 0.3) is 0 Å². The molecule has 1 fully saturated rings. The van der Waals surface area contributed by atoms with Gasteiger partial charge in [0, 0.05) is 36.7 Å². The van der Waals surface area contributed by atoms with E-state index in [-0.39, 0.29) is 31.5 Å². The minimum atomic E-state index is -0.700. The highest BCUT2D eigenvalue weighted by atomic mass is 16.5. The summed E-state index contributed by atoms with van der Waals surface area (Å²) in [5, 5.41) is 3.21. The van der Waals surface area contributed by atoms with Crippen molar-refractivity contribution in [1.82, 2.24) is 5.32 Å². The van der Waals surface area contributed by atoms with E-state index in [1.165, 1.54) is 12.0 Å². The normalized spacial score (nSPS) is 17.8. The van der Waals surface area contributed by atoms with E-state index in [9.17, 15) is 14.4 Å². The number of fused-ring (bicyclic) bond motifs is 1. The molecule has 0 spiro atoms. The van der Waals surface area contributed by atoms with E-state index in [1.54, 1.807) is 18.1 Å². The molecule has 11 nitrogen and oxygen atoms in total. The summed E-state index contributed by atoms with van der Waals surface area (Å²) in [4.78, 5) is 41.0. The van der Waals surface area contributed by atoms with Crippen molar-refractivity contribution in [1.29, 1.82) is 0 Å². The summed E-state index contributed by atoms with van der Waals surface area (Å²) in [6, 6.07) is 20.8. The Labute approximate surface area is 269 Å². The summed E-state index contributed by atoms with van der Waals surface area (Å²) in [7, 11) is 2.95. The fourth-order valence-corrected chi connectivity index (χ4v) is 5.73. The van der Waals surface area contributed by atoms with Crippen LogP contribution in [0.5, 0.6) is 17.2 Å². The third-order valence-electron chi connectivity index (χ3n) is 8.14. The van der Waals surface area contributed by atoms with Crippen LogP contribution in [0, 0.1) is 0 Å². The van der Waals surface area contributed by atoms with Gasteiger partial charge in [0.05, 0.1) is 51.8 Å². The molecular formula is C35H41N3O8. The van der Waals surface area contributed by atoms with Crippen LogP contribution in [0.3, 0.4) is 0 Å². The van der Waals surface area contributed by atoms with E-state index in [1.807, 2.05) is 67.6 Å². The van der Waals surface area contributed by atoms with Crippen molar-refractivity contribution in [3.8, 4) is 17.2 Å². The lowest BCUT2D eigenvalue weighted by atomic mass is 9.96. The monoisotopic (exact) mass is 631 g/mol. The molecule has 46 heavy (non-hydrogen) atoms. The maximum atomic E-state index is 13.2. The second-order valence-corrected chi connectivity index (χ2v) is 11.5. The van der Waals surface area contributed by atoms with Crippen LogP contribution in [0.4, 0.5) is 11.4 Å². The van der Waals surface area contributed by atoms with Crippen LogP contribution < -0.4 is 29.3 Å². The highest BCUT2D eigenvalue weighted by molar-refractivity contribution is 6.00. The Morgan fingerprint density at radius 3 is 2.48 bits per heavy atom. The third-order valence-corrected chi connectivity index (χ3v) is 8.14. The van der Waals surface area contributed by atoms with Gasteiger partial charge in [-0.15, -0.1) is 0 Å². The van der Waals surface area contributed by atoms with Crippen LogP contribution in [-0.2, 0) is 36.9 Å². The van der Waals surface area contributed by atoms with Gasteiger partial charge >= 0.3 is 5.97 Å². The van der Waals surface area contributed by atoms with E-state index in [0.29, 0.717) is 56.4 Å². The Bertz CT molecular complexity index is 1530. The average molecular weight is 632 g/mol. The molecular weight excluding hydrogens is 590 g/mol. The number of carbonyl (C=O) groups excluding carboxylic acids is 3. The highest BCUT2D eigenvalue weighted by Crippen LogP contribution is 2.33. The maximum absolute atomic E-state index is 13.2. The van der Waals surface area contributed by atoms with Crippen LogP contribution in [0.2, 0.25) is 0 Å². The number of benzene rings is 3. The molecule has 1 N–H and O–H groups in total. The number of ether oxygens (including phenoxy) is 5. The first-order chi connectivity index (χ1) is 22.3. The van der Waals surface area contributed by atoms with E-state index >= 15 is 0 Å². The van der Waals surface area contributed by atoms with Gasteiger partial charge in [0.2, 0.25) is 11.8 Å². The number of hydrogen-bond acceptors (Lipinski definition) is 9. The molecule has 0 bridgehead atoms. The molecule has 0 aliphatic carbocycles. The van der Waals surface area contributed by atoms with Crippen molar-refractivity contribution in [3.05, 3.63) is 77.9 Å². The van der Waals surface area contributed by atoms with E-state index in [4.69, 9.17) is 23.7 Å². The zero-order chi connectivity index (χ0) is 32.5. The lowest BCUT2D eigenvalue weighted by molar-refractivity contribution is -0.140. The lowest BCUT2D eigenvalue weighted by Crippen LogP contribution is -2.65. The smallest absolute Gasteiger partial charge is 0.325 e. The topological polar surface area (TPSA) is 116 Å². The number of nitrogens with zero attached hydrogens (tertiary/aromatic N) is 2. The summed E-state index contributed by atoms with van der Waals surface area (Å²) in [6.45, 7) is 4.25. The Hall–Kier alpha value is -4.61. The first-order valence-corrected chi connectivity index (χ1v) is 15.4. The van der Waals surface area contributed by atoms with Gasteiger partial charge in [0.1, 0.15) is 30.4 Å². The van der Waals surface area contributed by atoms with Gasteiger partial charge < -0.3 is 38.8 Å². The number of hydrogen-bond donors (Lipinski definition) is 1. The molecule has 0 saturated carbocycles. The number of methoxy groups -OCH3 is 2. The largest absolute Gasteiger partial charge is 0.496 e. The predicted octanol–water partition coefficient (Wildman–Crippen LogP) is 3.91. The van der Waals surface area contributed by atoms with Crippen molar-refractivity contribution < 1.29 is 38.1 Å². The van der Waals surface area contributed by atoms with Gasteiger partial charge in [-0.3, -0.25) is 14.4 Å². The molecule has 2 heterocycles. The number of anilines is 2. The molecule has 244 valence electrons. The molecule has 5 rings (SSSR count). The Morgan fingerprint density at radius 1 is 0.913 bits per heavy atom. The molecule has 0 aromatic heterocycles. The molecule has 0 radical (unpaired) electrons. The summed E-state index contributed by atoms with van der Waals surface area (Å²) >= 11 is 0. The predicted molar refractivity (Wildman–Crippen MR) is 173 cm³/mol. The standard InChI is InChI=1S/C35H41N3O8/c1-35(24-46-29-13-9-25-10-16-32(39)37(30(25)19-29)21-34(41)43-3)23-36-20-33(40)38(35)27-11-14-28(15-12-27)45-18-6-17-44-22-26-7-4-5-8-31(26)42-2/h4-5,7-9,11-15,19,36H,6,10,16-18,20-24H2,1-3H3/t35-/m0/s1. The van der Waals surface area contributed by atoms with Crippen molar-refractivity contribution in [2.45, 2.75) is 38.3 Å². The summed E-state index contributed by atoms with van der Waals surface area (Å²) in [5.41, 5.74) is 2.64. The van der Waals surface area contributed by atoms with Gasteiger partial charge in [0.25, 0.3) is 0 Å². The summed E-state index contributed by atoms with van der Waals surface area (Å²) in [5.74, 6) is 1.35. The van der Waals surface area contributed by atoms with Crippen LogP contribution >= 0.6 is 0 Å². The molecule has 0 unspecified atom stereocenters. The van der Waals surface area contributed by atoms with Crippen LogP contribution in [0.1, 0.15) is 30.9 Å². The fourth-order valence-electron chi connectivity index (χ4n) is 5.73. The van der Waals surface area contributed by atoms with Gasteiger partial charge in [-0.2, -0.15) is 0 Å². The molecule has 1 atom stereocenters. The van der Waals surface area contributed by atoms with E-state index < -0.39 is 11.5 Å². The lowest BCUT2D eigenvalue weighted by Gasteiger charge is -2.44. The molecule has 11 heteroatoms. The minimum absolute atomic E-state index is 0.0708. The molecule has 2 amide bonds. The number of carbonyl (C=O) groups is 3. The molecule has 3 aromatic carbocycles. The second kappa shape index (κ2) is 15.1. The molecule has 2 aliphatic rings.